The van der Waals surface area contributed by atoms with Crippen molar-refractivity contribution in [2.75, 3.05) is 17.2 Å². The number of nitrogens with two attached hydrogens (primary N) is 1. The van der Waals surface area contributed by atoms with Crippen LogP contribution in [0.2, 0.25) is 0 Å². The maximum absolute atomic E-state index is 12.2. The van der Waals surface area contributed by atoms with E-state index in [1.165, 1.54) is 11.3 Å². The molecule has 0 spiro atoms. The summed E-state index contributed by atoms with van der Waals surface area (Å²) in [6, 6.07) is 10.6. The first kappa shape index (κ1) is 16.6. The monoisotopic (exact) mass is 345 g/mol. The van der Waals surface area contributed by atoms with Crippen LogP contribution in [0.1, 0.15) is 22.5 Å². The van der Waals surface area contributed by atoms with Gasteiger partial charge in [-0.25, -0.2) is 0 Å². The molecule has 3 rings (SSSR count). The summed E-state index contributed by atoms with van der Waals surface area (Å²) in [6.45, 7) is 0.425. The van der Waals surface area contributed by atoms with E-state index in [2.05, 4.69) is 10.6 Å². The molecule has 1 aliphatic rings. The van der Waals surface area contributed by atoms with Gasteiger partial charge in [-0.1, -0.05) is 12.1 Å². The van der Waals surface area contributed by atoms with Crippen LogP contribution in [-0.4, -0.2) is 30.6 Å². The second kappa shape index (κ2) is 7.57. The molecular weight excluding hydrogens is 326 g/mol. The summed E-state index contributed by atoms with van der Waals surface area (Å²) in [7, 11) is 0. The van der Waals surface area contributed by atoms with Crippen molar-refractivity contribution in [2.24, 2.45) is 5.73 Å². The number of hydrogen-bond acceptors (Lipinski definition) is 5. The molecule has 0 radical (unpaired) electrons. The van der Waals surface area contributed by atoms with E-state index in [1.807, 2.05) is 11.4 Å². The van der Waals surface area contributed by atoms with Gasteiger partial charge in [0.1, 0.15) is 6.10 Å². The van der Waals surface area contributed by atoms with Crippen LogP contribution in [0.15, 0.2) is 41.8 Å². The Morgan fingerprint density at radius 1 is 1.17 bits per heavy atom. The zero-order valence-corrected chi connectivity index (χ0v) is 13.8. The molecule has 0 unspecified atom stereocenters. The highest BCUT2D eigenvalue weighted by Gasteiger charge is 2.29. The van der Waals surface area contributed by atoms with Crippen LogP contribution in [0.5, 0.6) is 0 Å². The second-order valence-electron chi connectivity index (χ2n) is 5.56. The Bertz CT molecular complexity index is 718. The Labute approximate surface area is 144 Å². The molecule has 4 N–H and O–H groups in total. The number of nitrogens with one attached hydrogen (secondary N) is 2. The van der Waals surface area contributed by atoms with Crippen LogP contribution in [0.4, 0.5) is 11.4 Å². The third-order valence-corrected chi connectivity index (χ3v) is 4.66. The van der Waals surface area contributed by atoms with E-state index >= 15 is 0 Å². The Balaban J connectivity index is 1.61. The number of benzene rings is 1. The molecule has 2 aromatic rings. The minimum atomic E-state index is -0.470. The highest BCUT2D eigenvalue weighted by molar-refractivity contribution is 7.12. The van der Waals surface area contributed by atoms with Crippen molar-refractivity contribution < 1.29 is 14.3 Å². The lowest BCUT2D eigenvalue weighted by molar-refractivity contribution is -0.126. The molecule has 126 valence electrons. The molecule has 1 saturated heterocycles. The zero-order valence-electron chi connectivity index (χ0n) is 13.0. The van der Waals surface area contributed by atoms with Gasteiger partial charge in [0.2, 0.25) is 0 Å². The number of carbonyl (C=O) groups excluding carboxylic acids is 2. The fourth-order valence-corrected chi connectivity index (χ4v) is 3.19. The van der Waals surface area contributed by atoms with Gasteiger partial charge in [0, 0.05) is 17.9 Å². The van der Waals surface area contributed by atoms with Crippen LogP contribution in [0.3, 0.4) is 0 Å². The lowest BCUT2D eigenvalue weighted by atomic mass is 10.2. The molecule has 0 bridgehead atoms. The summed E-state index contributed by atoms with van der Waals surface area (Å²) < 4.78 is 5.58. The lowest BCUT2D eigenvalue weighted by Gasteiger charge is -2.13. The highest BCUT2D eigenvalue weighted by Crippen LogP contribution is 2.22. The van der Waals surface area contributed by atoms with Crippen molar-refractivity contribution in [2.45, 2.75) is 25.0 Å². The normalized spacial score (nSPS) is 19.9. The molecular formula is C17H19N3O3S. The van der Waals surface area contributed by atoms with E-state index < -0.39 is 6.10 Å². The molecule has 6 nitrogen and oxygen atoms in total. The van der Waals surface area contributed by atoms with Gasteiger partial charge in [0.25, 0.3) is 11.8 Å². The summed E-state index contributed by atoms with van der Waals surface area (Å²) >= 11 is 1.38. The number of ether oxygens (including phenoxy) is 1. The maximum Gasteiger partial charge on any atom is 0.265 e. The van der Waals surface area contributed by atoms with Crippen molar-refractivity contribution in [1.29, 1.82) is 0 Å². The molecule has 0 saturated carbocycles. The topological polar surface area (TPSA) is 93.5 Å². The van der Waals surface area contributed by atoms with Gasteiger partial charge in [0.05, 0.1) is 11.0 Å². The standard InChI is InChI=1S/C17H19N3O3S/c18-10-13-6-7-14(23-13)16(21)19-11-3-1-4-12(9-11)20-17(22)15-5-2-8-24-15/h1-5,8-9,13-14H,6-7,10,18H2,(H,19,21)(H,20,22)/t13-,14+/m1/s1. The van der Waals surface area contributed by atoms with E-state index in [-0.39, 0.29) is 17.9 Å². The first-order valence-corrected chi connectivity index (χ1v) is 8.65. The Hall–Kier alpha value is -2.22. The van der Waals surface area contributed by atoms with E-state index in [9.17, 15) is 9.59 Å². The summed E-state index contributed by atoms with van der Waals surface area (Å²) in [6.07, 6.45) is 0.952. The molecule has 24 heavy (non-hydrogen) atoms. The van der Waals surface area contributed by atoms with Gasteiger partial charge in [0.15, 0.2) is 0 Å². The average molecular weight is 345 g/mol. The molecule has 1 fully saturated rings. The second-order valence-corrected chi connectivity index (χ2v) is 6.51. The predicted molar refractivity (Wildman–Crippen MR) is 94.3 cm³/mol. The molecule has 1 aromatic heterocycles. The zero-order chi connectivity index (χ0) is 16.9. The van der Waals surface area contributed by atoms with Crippen LogP contribution < -0.4 is 16.4 Å². The highest BCUT2D eigenvalue weighted by atomic mass is 32.1. The third kappa shape index (κ3) is 4.00. The molecule has 2 amide bonds. The Morgan fingerprint density at radius 3 is 2.62 bits per heavy atom. The molecule has 1 aromatic carbocycles. The van der Waals surface area contributed by atoms with Gasteiger partial charge >= 0.3 is 0 Å². The third-order valence-electron chi connectivity index (χ3n) is 3.80. The fraction of sp³-hybridized carbons (Fsp3) is 0.294. The molecule has 7 heteroatoms. The minimum absolute atomic E-state index is 0.0443. The first-order valence-electron chi connectivity index (χ1n) is 7.77. The summed E-state index contributed by atoms with van der Waals surface area (Å²) in [5, 5.41) is 7.49. The van der Waals surface area contributed by atoms with Gasteiger partial charge in [-0.15, -0.1) is 11.3 Å². The number of rotatable bonds is 5. The summed E-state index contributed by atoms with van der Waals surface area (Å²) in [5.74, 6) is -0.355. The van der Waals surface area contributed by atoms with Gasteiger partial charge in [-0.2, -0.15) is 0 Å². The number of carbonyl (C=O) groups is 2. The van der Waals surface area contributed by atoms with E-state index in [0.717, 1.165) is 6.42 Å². The smallest absolute Gasteiger partial charge is 0.265 e. The van der Waals surface area contributed by atoms with E-state index in [1.54, 1.807) is 30.3 Å². The maximum atomic E-state index is 12.2. The van der Waals surface area contributed by atoms with Crippen molar-refractivity contribution >= 4 is 34.5 Å². The summed E-state index contributed by atoms with van der Waals surface area (Å²) in [4.78, 5) is 24.9. The van der Waals surface area contributed by atoms with Gasteiger partial charge in [-0.3, -0.25) is 9.59 Å². The number of thiophene rings is 1. The fourth-order valence-electron chi connectivity index (χ4n) is 2.57. The van der Waals surface area contributed by atoms with Crippen LogP contribution in [0.25, 0.3) is 0 Å². The van der Waals surface area contributed by atoms with Crippen LogP contribution >= 0.6 is 11.3 Å². The largest absolute Gasteiger partial charge is 0.364 e. The van der Waals surface area contributed by atoms with E-state index in [0.29, 0.717) is 29.2 Å². The van der Waals surface area contributed by atoms with Crippen LogP contribution in [0, 0.1) is 0 Å². The summed E-state index contributed by atoms with van der Waals surface area (Å²) in [5.41, 5.74) is 6.80. The van der Waals surface area contributed by atoms with Crippen LogP contribution in [-0.2, 0) is 9.53 Å². The van der Waals surface area contributed by atoms with Gasteiger partial charge in [-0.05, 0) is 42.5 Å². The SMILES string of the molecule is NC[C@H]1CC[C@@H](C(=O)Nc2cccc(NC(=O)c3cccs3)c2)O1. The molecule has 2 atom stereocenters. The van der Waals surface area contributed by atoms with Crippen molar-refractivity contribution in [3.63, 3.8) is 0 Å². The minimum Gasteiger partial charge on any atom is -0.364 e. The van der Waals surface area contributed by atoms with Crippen molar-refractivity contribution in [3.8, 4) is 0 Å². The quantitative estimate of drug-likeness (QED) is 0.776. The first-order chi connectivity index (χ1) is 11.7. The van der Waals surface area contributed by atoms with Gasteiger partial charge < -0.3 is 21.1 Å². The predicted octanol–water partition coefficient (Wildman–Crippen LogP) is 2.45. The number of anilines is 2. The molecule has 1 aliphatic heterocycles. The Morgan fingerprint density at radius 2 is 1.96 bits per heavy atom. The van der Waals surface area contributed by atoms with Crippen molar-refractivity contribution in [3.05, 3.63) is 46.7 Å². The Kier molecular flexibility index (Phi) is 5.24. The lowest BCUT2D eigenvalue weighted by Crippen LogP contribution is -2.29. The average Bonchev–Trinajstić information content (AvgIpc) is 3.27. The van der Waals surface area contributed by atoms with Crippen molar-refractivity contribution in [1.82, 2.24) is 0 Å². The molecule has 0 aliphatic carbocycles. The number of amides is 2. The molecule has 2 heterocycles. The number of hydrogen-bond donors (Lipinski definition) is 3. The van der Waals surface area contributed by atoms with E-state index in [4.69, 9.17) is 10.5 Å².